The van der Waals surface area contributed by atoms with Gasteiger partial charge in [-0.3, -0.25) is 14.4 Å². The van der Waals surface area contributed by atoms with E-state index in [1.165, 1.54) is 20.1 Å². The van der Waals surface area contributed by atoms with Gasteiger partial charge in [-0.05, 0) is 13.0 Å². The van der Waals surface area contributed by atoms with Crippen molar-refractivity contribution in [1.29, 1.82) is 0 Å². The predicted molar refractivity (Wildman–Crippen MR) is 58.3 cm³/mol. The van der Waals surface area contributed by atoms with Crippen molar-refractivity contribution >= 4 is 17.4 Å². The highest BCUT2D eigenvalue weighted by molar-refractivity contribution is 6.11. The van der Waals surface area contributed by atoms with Gasteiger partial charge in [0.25, 0.3) is 5.91 Å². The predicted octanol–water partition coefficient (Wildman–Crippen LogP) is 1.63. The molecule has 1 heterocycles. The highest BCUT2D eigenvalue weighted by Crippen LogP contribution is 2.32. The normalized spacial score (nSPS) is 16.8. The first-order valence-corrected chi connectivity index (χ1v) is 4.85. The number of ketones is 1. The van der Waals surface area contributed by atoms with Gasteiger partial charge < -0.3 is 0 Å². The van der Waals surface area contributed by atoms with Crippen molar-refractivity contribution in [1.82, 2.24) is 5.06 Å². The third-order valence-electron chi connectivity index (χ3n) is 2.36. The van der Waals surface area contributed by atoms with Crippen LogP contribution in [-0.2, 0) is 9.63 Å². The summed E-state index contributed by atoms with van der Waals surface area (Å²) in [7, 11) is 1.40. The fraction of sp³-hybridized carbons (Fsp3) is 0.167. The van der Waals surface area contributed by atoms with Crippen LogP contribution < -0.4 is 0 Å². The first-order chi connectivity index (χ1) is 7.65. The van der Waals surface area contributed by atoms with Crippen molar-refractivity contribution in [2.75, 3.05) is 7.11 Å². The number of allylic oxidation sites excluding steroid dienone is 1. The van der Waals surface area contributed by atoms with E-state index in [4.69, 9.17) is 4.84 Å². The molecule has 0 bridgehead atoms. The number of hydrogen-bond donors (Lipinski definition) is 0. The average Bonchev–Trinajstić information content (AvgIpc) is 2.52. The summed E-state index contributed by atoms with van der Waals surface area (Å²) in [6.45, 7) is 1.44. The van der Waals surface area contributed by atoms with Crippen LogP contribution in [0.4, 0.5) is 0 Å². The van der Waals surface area contributed by atoms with Crippen LogP contribution in [-0.4, -0.2) is 23.9 Å². The van der Waals surface area contributed by atoms with Crippen LogP contribution in [0.5, 0.6) is 0 Å². The number of hydrogen-bond acceptors (Lipinski definition) is 3. The van der Waals surface area contributed by atoms with Gasteiger partial charge in [0.2, 0.25) is 0 Å². The Morgan fingerprint density at radius 3 is 2.50 bits per heavy atom. The lowest BCUT2D eigenvalue weighted by Gasteiger charge is -2.13. The number of fused-ring (bicyclic) bond motifs is 1. The first-order valence-electron chi connectivity index (χ1n) is 4.85. The Labute approximate surface area is 93.1 Å². The summed E-state index contributed by atoms with van der Waals surface area (Å²) < 4.78 is 0. The smallest absolute Gasteiger partial charge is 0.282 e. The quantitative estimate of drug-likeness (QED) is 0.707. The largest absolute Gasteiger partial charge is 0.295 e. The number of carbonyl (C=O) groups is 2. The fourth-order valence-corrected chi connectivity index (χ4v) is 1.73. The maximum Gasteiger partial charge on any atom is 0.282 e. The van der Waals surface area contributed by atoms with Gasteiger partial charge in [-0.2, -0.15) is 5.06 Å². The fourth-order valence-electron chi connectivity index (χ4n) is 1.73. The van der Waals surface area contributed by atoms with E-state index < -0.39 is 0 Å². The van der Waals surface area contributed by atoms with E-state index in [1.807, 2.05) is 6.07 Å². The minimum atomic E-state index is -0.245. The number of rotatable bonds is 2. The third-order valence-corrected chi connectivity index (χ3v) is 2.36. The van der Waals surface area contributed by atoms with Crippen LogP contribution in [0.15, 0.2) is 30.3 Å². The molecule has 2 rings (SSSR count). The molecule has 82 valence electrons. The van der Waals surface area contributed by atoms with Crippen molar-refractivity contribution in [3.8, 4) is 0 Å². The number of amides is 1. The molecule has 0 aromatic heterocycles. The minimum absolute atomic E-state index is 0.124. The monoisotopic (exact) mass is 217 g/mol. The molecule has 0 fully saturated rings. The summed E-state index contributed by atoms with van der Waals surface area (Å²) in [5.74, 6) is -0.368. The second-order valence-corrected chi connectivity index (χ2v) is 3.47. The van der Waals surface area contributed by atoms with Crippen LogP contribution in [0.25, 0.3) is 5.70 Å². The second kappa shape index (κ2) is 3.90. The number of nitrogens with zero attached hydrogens (tertiary/aromatic N) is 1. The Hall–Kier alpha value is -1.94. The molecule has 1 aromatic rings. The summed E-state index contributed by atoms with van der Waals surface area (Å²) >= 11 is 0. The average molecular weight is 217 g/mol. The zero-order chi connectivity index (χ0) is 11.7. The SMILES string of the molecule is CON1C(=O)c2ccccc2/C1=C\C(C)=O. The van der Waals surface area contributed by atoms with Gasteiger partial charge in [0.15, 0.2) is 5.78 Å². The van der Waals surface area contributed by atoms with Gasteiger partial charge in [0.05, 0.1) is 18.4 Å². The molecule has 4 heteroatoms. The van der Waals surface area contributed by atoms with Gasteiger partial charge in [-0.15, -0.1) is 0 Å². The molecule has 1 aliphatic heterocycles. The maximum absolute atomic E-state index is 11.9. The van der Waals surface area contributed by atoms with Gasteiger partial charge in [0.1, 0.15) is 0 Å². The van der Waals surface area contributed by atoms with Gasteiger partial charge >= 0.3 is 0 Å². The van der Waals surface area contributed by atoms with E-state index in [9.17, 15) is 9.59 Å². The van der Waals surface area contributed by atoms with Crippen LogP contribution >= 0.6 is 0 Å². The lowest BCUT2D eigenvalue weighted by molar-refractivity contribution is -0.112. The summed E-state index contributed by atoms with van der Waals surface area (Å²) in [5, 5.41) is 1.13. The molecule has 0 unspecified atom stereocenters. The van der Waals surface area contributed by atoms with Crippen molar-refractivity contribution in [2.24, 2.45) is 0 Å². The molecule has 0 saturated carbocycles. The van der Waals surface area contributed by atoms with Crippen molar-refractivity contribution in [3.63, 3.8) is 0 Å². The van der Waals surface area contributed by atoms with Gasteiger partial charge in [-0.25, -0.2) is 0 Å². The highest BCUT2D eigenvalue weighted by Gasteiger charge is 2.32. The Bertz CT molecular complexity index is 491. The van der Waals surface area contributed by atoms with Crippen LogP contribution in [0.3, 0.4) is 0 Å². The standard InChI is InChI=1S/C12H11NO3/c1-8(14)7-11-9-5-3-4-6-10(9)12(15)13(11)16-2/h3-7H,1-2H3/b11-7+. The number of carbonyl (C=O) groups excluding carboxylic acids is 2. The van der Waals surface area contributed by atoms with Crippen molar-refractivity contribution < 1.29 is 14.4 Å². The molecule has 1 amide bonds. The van der Waals surface area contributed by atoms with Crippen LogP contribution in [0.2, 0.25) is 0 Å². The first kappa shape index (κ1) is 10.6. The topological polar surface area (TPSA) is 46.6 Å². The molecule has 1 aliphatic rings. The molecular formula is C12H11NO3. The summed E-state index contributed by atoms with van der Waals surface area (Å²) in [6, 6.07) is 7.10. The molecule has 0 aliphatic carbocycles. The Morgan fingerprint density at radius 1 is 1.31 bits per heavy atom. The highest BCUT2D eigenvalue weighted by atomic mass is 16.7. The molecule has 0 atom stereocenters. The second-order valence-electron chi connectivity index (χ2n) is 3.47. The Morgan fingerprint density at radius 2 is 1.94 bits per heavy atom. The maximum atomic E-state index is 11.9. The van der Waals surface area contributed by atoms with E-state index in [0.717, 1.165) is 10.6 Å². The number of benzene rings is 1. The van der Waals surface area contributed by atoms with Crippen molar-refractivity contribution in [3.05, 3.63) is 41.5 Å². The zero-order valence-corrected chi connectivity index (χ0v) is 9.06. The third kappa shape index (κ3) is 1.53. The Balaban J connectivity index is 2.60. The lowest BCUT2D eigenvalue weighted by Crippen LogP contribution is -2.21. The summed E-state index contributed by atoms with van der Waals surface area (Å²) in [4.78, 5) is 28.0. The van der Waals surface area contributed by atoms with Crippen molar-refractivity contribution in [2.45, 2.75) is 6.92 Å². The molecule has 4 nitrogen and oxygen atoms in total. The minimum Gasteiger partial charge on any atom is -0.295 e. The van der Waals surface area contributed by atoms with E-state index in [-0.39, 0.29) is 11.7 Å². The summed E-state index contributed by atoms with van der Waals surface area (Å²) in [5.41, 5.74) is 1.78. The summed E-state index contributed by atoms with van der Waals surface area (Å²) in [6.07, 6.45) is 1.40. The van der Waals surface area contributed by atoms with Gasteiger partial charge in [-0.1, -0.05) is 18.2 Å². The molecule has 0 N–H and O–H groups in total. The zero-order valence-electron chi connectivity index (χ0n) is 9.06. The molecule has 0 radical (unpaired) electrons. The lowest BCUT2D eigenvalue weighted by atomic mass is 10.1. The van der Waals surface area contributed by atoms with Crippen LogP contribution in [0, 0.1) is 0 Å². The molecule has 0 saturated heterocycles. The van der Waals surface area contributed by atoms with Crippen LogP contribution in [0.1, 0.15) is 22.8 Å². The van der Waals surface area contributed by atoms with E-state index >= 15 is 0 Å². The van der Waals surface area contributed by atoms with E-state index in [1.54, 1.807) is 18.2 Å². The van der Waals surface area contributed by atoms with E-state index in [0.29, 0.717) is 11.3 Å². The molecule has 16 heavy (non-hydrogen) atoms. The molecular weight excluding hydrogens is 206 g/mol. The Kier molecular flexibility index (Phi) is 2.58. The van der Waals surface area contributed by atoms with E-state index in [2.05, 4.69) is 0 Å². The molecule has 1 aromatic carbocycles. The van der Waals surface area contributed by atoms with Gasteiger partial charge in [0, 0.05) is 11.6 Å². The number of hydroxylamine groups is 2. The molecule has 0 spiro atoms.